The van der Waals surface area contributed by atoms with Crippen LogP contribution in [0, 0.1) is 0 Å². The lowest BCUT2D eigenvalue weighted by Crippen LogP contribution is -2.14. The van der Waals surface area contributed by atoms with Gasteiger partial charge in [0.05, 0.1) is 5.56 Å². The maximum atomic E-state index is 12.2. The summed E-state index contributed by atoms with van der Waals surface area (Å²) in [5.41, 5.74) is 4.47. The van der Waals surface area contributed by atoms with E-state index in [1.807, 2.05) is 0 Å². The molecule has 3 nitrogen and oxygen atoms in total. The van der Waals surface area contributed by atoms with E-state index in [1.165, 1.54) is 0 Å². The van der Waals surface area contributed by atoms with Crippen molar-refractivity contribution in [2.45, 2.75) is 6.18 Å². The highest BCUT2D eigenvalue weighted by Gasteiger charge is 2.30. The number of rotatable bonds is 3. The van der Waals surface area contributed by atoms with Gasteiger partial charge in [0.15, 0.2) is 0 Å². The molecule has 0 radical (unpaired) electrons. The van der Waals surface area contributed by atoms with Crippen LogP contribution in [0.4, 0.5) is 19.0 Å². The molecule has 1 rings (SSSR count). The van der Waals surface area contributed by atoms with Crippen LogP contribution in [0.3, 0.4) is 0 Å². The quantitative estimate of drug-likeness (QED) is 0.785. The topological polar surface area (TPSA) is 50.9 Å². The molecular formula is C8H10F3N3. The van der Waals surface area contributed by atoms with Crippen LogP contribution in [-0.4, -0.2) is 18.1 Å². The van der Waals surface area contributed by atoms with E-state index in [0.29, 0.717) is 13.1 Å². The lowest BCUT2D eigenvalue weighted by Gasteiger charge is -2.08. The Kier molecular flexibility index (Phi) is 3.29. The molecule has 0 saturated heterocycles. The molecule has 6 heteroatoms. The Hall–Kier alpha value is -1.30. The average Bonchev–Trinajstić information content (AvgIpc) is 2.14. The maximum absolute atomic E-state index is 12.2. The van der Waals surface area contributed by atoms with Crippen molar-refractivity contribution in [3.8, 4) is 0 Å². The molecule has 0 aliphatic heterocycles. The molecule has 78 valence electrons. The Labute approximate surface area is 79.1 Å². The van der Waals surface area contributed by atoms with E-state index >= 15 is 0 Å². The van der Waals surface area contributed by atoms with Gasteiger partial charge in [-0.05, 0) is 12.1 Å². The molecule has 1 aromatic heterocycles. The summed E-state index contributed by atoms with van der Waals surface area (Å²) in [6.07, 6.45) is -3.22. The van der Waals surface area contributed by atoms with Crippen LogP contribution in [0.15, 0.2) is 18.3 Å². The van der Waals surface area contributed by atoms with Gasteiger partial charge in [-0.3, -0.25) is 0 Å². The number of anilines is 1. The predicted molar refractivity (Wildman–Crippen MR) is 46.8 cm³/mol. The van der Waals surface area contributed by atoms with Gasteiger partial charge in [-0.25, -0.2) is 4.98 Å². The first-order valence-corrected chi connectivity index (χ1v) is 4.01. The molecule has 0 spiro atoms. The highest BCUT2D eigenvalue weighted by Crippen LogP contribution is 2.29. The Morgan fingerprint density at radius 2 is 2.14 bits per heavy atom. The average molecular weight is 205 g/mol. The molecule has 0 unspecified atom stereocenters. The number of pyridine rings is 1. The molecule has 0 fully saturated rings. The van der Waals surface area contributed by atoms with Crippen LogP contribution in [-0.2, 0) is 6.18 Å². The van der Waals surface area contributed by atoms with E-state index in [1.54, 1.807) is 0 Å². The summed E-state index contributed by atoms with van der Waals surface area (Å²) >= 11 is 0. The molecule has 0 aliphatic carbocycles. The fourth-order valence-corrected chi connectivity index (χ4v) is 0.904. The largest absolute Gasteiger partial charge is 0.416 e. The summed E-state index contributed by atoms with van der Waals surface area (Å²) in [5.74, 6) is 0.185. The van der Waals surface area contributed by atoms with E-state index in [2.05, 4.69) is 10.3 Å². The molecule has 0 saturated carbocycles. The van der Waals surface area contributed by atoms with Crippen LogP contribution >= 0.6 is 0 Å². The van der Waals surface area contributed by atoms with Gasteiger partial charge in [-0.1, -0.05) is 0 Å². The highest BCUT2D eigenvalue weighted by molar-refractivity contribution is 5.38. The first kappa shape index (κ1) is 10.8. The fourth-order valence-electron chi connectivity index (χ4n) is 0.904. The number of hydrogen-bond donors (Lipinski definition) is 2. The second-order valence-corrected chi connectivity index (χ2v) is 2.64. The summed E-state index contributed by atoms with van der Waals surface area (Å²) in [6.45, 7) is 0.742. The minimum atomic E-state index is -4.33. The van der Waals surface area contributed by atoms with Crippen molar-refractivity contribution in [3.05, 3.63) is 23.9 Å². The minimum absolute atomic E-state index is 0.185. The monoisotopic (exact) mass is 205 g/mol. The number of alkyl halides is 3. The minimum Gasteiger partial charge on any atom is -0.369 e. The maximum Gasteiger partial charge on any atom is 0.416 e. The van der Waals surface area contributed by atoms with Crippen molar-refractivity contribution >= 4 is 5.82 Å². The smallest absolute Gasteiger partial charge is 0.369 e. The summed E-state index contributed by atoms with van der Waals surface area (Å²) in [6, 6.07) is 1.88. The lowest BCUT2D eigenvalue weighted by atomic mass is 10.2. The summed E-state index contributed by atoms with van der Waals surface area (Å²) in [4.78, 5) is 3.72. The third kappa shape index (κ3) is 2.88. The van der Waals surface area contributed by atoms with Crippen LogP contribution < -0.4 is 11.1 Å². The molecule has 1 aromatic rings. The van der Waals surface area contributed by atoms with Gasteiger partial charge >= 0.3 is 6.18 Å². The number of aromatic nitrogens is 1. The molecule has 1 heterocycles. The normalized spacial score (nSPS) is 11.4. The van der Waals surface area contributed by atoms with Crippen molar-refractivity contribution in [2.75, 3.05) is 18.4 Å². The molecular weight excluding hydrogens is 195 g/mol. The second-order valence-electron chi connectivity index (χ2n) is 2.64. The SMILES string of the molecule is NCCNc1cc(C(F)(F)F)ccn1. The number of halogens is 3. The zero-order valence-electron chi connectivity index (χ0n) is 7.30. The predicted octanol–water partition coefficient (Wildman–Crippen LogP) is 1.47. The van der Waals surface area contributed by atoms with Gasteiger partial charge in [0, 0.05) is 19.3 Å². The van der Waals surface area contributed by atoms with Gasteiger partial charge in [0.25, 0.3) is 0 Å². The number of nitrogens with two attached hydrogens (primary N) is 1. The highest BCUT2D eigenvalue weighted by atomic mass is 19.4. The zero-order valence-corrected chi connectivity index (χ0v) is 7.30. The van der Waals surface area contributed by atoms with Gasteiger partial charge in [0.2, 0.25) is 0 Å². The van der Waals surface area contributed by atoms with Crippen molar-refractivity contribution in [2.24, 2.45) is 5.73 Å². The Morgan fingerprint density at radius 3 is 2.71 bits per heavy atom. The zero-order chi connectivity index (χ0) is 10.6. The Bertz CT molecular complexity index is 298. The third-order valence-electron chi connectivity index (χ3n) is 1.54. The van der Waals surface area contributed by atoms with Crippen molar-refractivity contribution in [3.63, 3.8) is 0 Å². The van der Waals surface area contributed by atoms with Crippen LogP contribution in [0.2, 0.25) is 0 Å². The third-order valence-corrected chi connectivity index (χ3v) is 1.54. The van der Waals surface area contributed by atoms with E-state index in [9.17, 15) is 13.2 Å². The van der Waals surface area contributed by atoms with E-state index < -0.39 is 11.7 Å². The number of nitrogens with zero attached hydrogens (tertiary/aromatic N) is 1. The molecule has 3 N–H and O–H groups in total. The summed E-state index contributed by atoms with van der Waals surface area (Å²) in [7, 11) is 0. The summed E-state index contributed by atoms with van der Waals surface area (Å²) < 4.78 is 36.6. The molecule has 0 atom stereocenters. The molecule has 0 aromatic carbocycles. The van der Waals surface area contributed by atoms with Gasteiger partial charge in [0.1, 0.15) is 5.82 Å². The molecule has 14 heavy (non-hydrogen) atoms. The van der Waals surface area contributed by atoms with E-state index in [-0.39, 0.29) is 5.82 Å². The van der Waals surface area contributed by atoms with Gasteiger partial charge in [-0.2, -0.15) is 13.2 Å². The molecule has 0 aliphatic rings. The Balaban J connectivity index is 2.79. The van der Waals surface area contributed by atoms with Gasteiger partial charge < -0.3 is 11.1 Å². The van der Waals surface area contributed by atoms with Gasteiger partial charge in [-0.15, -0.1) is 0 Å². The second kappa shape index (κ2) is 4.28. The van der Waals surface area contributed by atoms with Crippen LogP contribution in [0.25, 0.3) is 0 Å². The molecule has 0 bridgehead atoms. The van der Waals surface area contributed by atoms with Crippen molar-refractivity contribution in [1.29, 1.82) is 0 Å². The number of nitrogens with one attached hydrogen (secondary N) is 1. The Morgan fingerprint density at radius 1 is 1.43 bits per heavy atom. The summed E-state index contributed by atoms with van der Waals surface area (Å²) in [5, 5.41) is 2.67. The van der Waals surface area contributed by atoms with Crippen molar-refractivity contribution in [1.82, 2.24) is 4.98 Å². The first-order chi connectivity index (χ1) is 6.54. The lowest BCUT2D eigenvalue weighted by molar-refractivity contribution is -0.137. The molecule has 0 amide bonds. The fraction of sp³-hybridized carbons (Fsp3) is 0.375. The van der Waals surface area contributed by atoms with Crippen molar-refractivity contribution < 1.29 is 13.2 Å². The van der Waals surface area contributed by atoms with E-state index in [0.717, 1.165) is 18.3 Å². The number of hydrogen-bond acceptors (Lipinski definition) is 3. The van der Waals surface area contributed by atoms with Crippen LogP contribution in [0.5, 0.6) is 0 Å². The van der Waals surface area contributed by atoms with E-state index in [4.69, 9.17) is 5.73 Å². The van der Waals surface area contributed by atoms with Crippen LogP contribution in [0.1, 0.15) is 5.56 Å². The first-order valence-electron chi connectivity index (χ1n) is 4.01. The standard InChI is InChI=1S/C8H10F3N3/c9-8(10,11)6-1-3-13-7(5-6)14-4-2-12/h1,3,5H,2,4,12H2,(H,13,14).